The minimum atomic E-state index is -4.68. The van der Waals surface area contributed by atoms with Gasteiger partial charge in [0.2, 0.25) is 0 Å². The van der Waals surface area contributed by atoms with Gasteiger partial charge < -0.3 is 18.9 Å². The topological polar surface area (TPSA) is 54.0 Å². The van der Waals surface area contributed by atoms with Gasteiger partial charge in [-0.2, -0.15) is 13.2 Å². The Morgan fingerprint density at radius 1 is 0.953 bits per heavy atom. The zero-order chi connectivity index (χ0) is 30.1. The lowest BCUT2D eigenvalue weighted by atomic mass is 9.91. The van der Waals surface area contributed by atoms with Crippen molar-refractivity contribution in [1.82, 2.24) is 0 Å². The lowest BCUT2D eigenvalue weighted by Crippen LogP contribution is -2.11. The van der Waals surface area contributed by atoms with Crippen LogP contribution in [0.3, 0.4) is 0 Å². The van der Waals surface area contributed by atoms with Crippen molar-refractivity contribution in [1.29, 1.82) is 0 Å². The summed E-state index contributed by atoms with van der Waals surface area (Å²) in [5.74, 6) is 0.0460. The number of benzene rings is 4. The first kappa shape index (κ1) is 28.6. The number of ether oxygens (including phenoxy) is 4. The van der Waals surface area contributed by atoms with E-state index >= 15 is 4.39 Å². The monoisotopic (exact) mass is 592 g/mol. The second-order valence-electron chi connectivity index (χ2n) is 10.6. The Labute approximate surface area is 246 Å². The van der Waals surface area contributed by atoms with Crippen LogP contribution in [0.25, 0.3) is 11.1 Å². The van der Waals surface area contributed by atoms with Gasteiger partial charge in [-0.05, 0) is 53.8 Å². The fraction of sp³-hybridized carbons (Fsp3) is 0.265. The predicted octanol–water partition coefficient (Wildman–Crippen LogP) is 8.20. The molecule has 0 aromatic heterocycles. The quantitative estimate of drug-likeness (QED) is 0.153. The summed E-state index contributed by atoms with van der Waals surface area (Å²) in [7, 11) is 1.34. The molecule has 0 spiro atoms. The Bertz CT molecular complexity index is 1650. The fourth-order valence-corrected chi connectivity index (χ4v) is 5.81. The molecule has 5 nitrogen and oxygen atoms in total. The molecule has 1 heterocycles. The number of hydrogen-bond acceptors (Lipinski definition) is 5. The molecular formula is C34H28F4O5. The Hall–Kier alpha value is -4.53. The minimum absolute atomic E-state index is 0.128. The minimum Gasteiger partial charge on any atom is -0.492 e. The second-order valence-corrected chi connectivity index (χ2v) is 10.6. The second kappa shape index (κ2) is 11.6. The molecule has 1 unspecified atom stereocenters. The van der Waals surface area contributed by atoms with Gasteiger partial charge in [-0.1, -0.05) is 42.5 Å². The van der Waals surface area contributed by atoms with Crippen LogP contribution in [0.15, 0.2) is 78.9 Å². The maximum absolute atomic E-state index is 15.5. The van der Waals surface area contributed by atoms with E-state index in [4.69, 9.17) is 18.9 Å². The molecule has 0 fully saturated rings. The molecule has 0 radical (unpaired) electrons. The third-order valence-corrected chi connectivity index (χ3v) is 7.90. The van der Waals surface area contributed by atoms with Gasteiger partial charge >= 0.3 is 12.1 Å². The SMILES string of the molecule is COC(=O)CC1COc2cc(O[C@@H]3CCc4c3ccc(C(F)(F)F)c4-c3ccc(OCc4ccccc4)cc3F)ccc21. The van der Waals surface area contributed by atoms with E-state index in [9.17, 15) is 18.0 Å². The lowest BCUT2D eigenvalue weighted by Gasteiger charge is -2.20. The summed E-state index contributed by atoms with van der Waals surface area (Å²) in [4.78, 5) is 11.7. The predicted molar refractivity (Wildman–Crippen MR) is 151 cm³/mol. The van der Waals surface area contributed by atoms with Crippen LogP contribution < -0.4 is 14.2 Å². The van der Waals surface area contributed by atoms with Crippen molar-refractivity contribution >= 4 is 5.97 Å². The van der Waals surface area contributed by atoms with E-state index in [0.29, 0.717) is 35.7 Å². The molecule has 0 bridgehead atoms. The molecule has 0 saturated carbocycles. The highest BCUT2D eigenvalue weighted by molar-refractivity contribution is 5.75. The largest absolute Gasteiger partial charge is 0.492 e. The number of halogens is 4. The Morgan fingerprint density at radius 3 is 2.47 bits per heavy atom. The van der Waals surface area contributed by atoms with Crippen LogP contribution >= 0.6 is 0 Å². The normalized spacial score (nSPS) is 17.1. The van der Waals surface area contributed by atoms with E-state index in [-0.39, 0.29) is 48.2 Å². The van der Waals surface area contributed by atoms with Gasteiger partial charge in [0.1, 0.15) is 35.8 Å². The number of rotatable bonds is 8. The van der Waals surface area contributed by atoms with Gasteiger partial charge in [0, 0.05) is 34.7 Å². The van der Waals surface area contributed by atoms with Crippen molar-refractivity contribution in [3.05, 3.63) is 112 Å². The molecule has 4 aromatic rings. The summed E-state index contributed by atoms with van der Waals surface area (Å²) in [5, 5.41) is 0. The Morgan fingerprint density at radius 2 is 1.72 bits per heavy atom. The molecule has 0 saturated heterocycles. The first-order chi connectivity index (χ1) is 20.7. The maximum atomic E-state index is 15.5. The van der Waals surface area contributed by atoms with Crippen LogP contribution in [0.4, 0.5) is 17.6 Å². The third kappa shape index (κ3) is 5.89. The summed E-state index contributed by atoms with van der Waals surface area (Å²) >= 11 is 0. The molecule has 0 N–H and O–H groups in total. The number of fused-ring (bicyclic) bond motifs is 2. The molecule has 1 aliphatic heterocycles. The van der Waals surface area contributed by atoms with Crippen molar-refractivity contribution in [2.24, 2.45) is 0 Å². The van der Waals surface area contributed by atoms with E-state index in [1.54, 1.807) is 12.1 Å². The van der Waals surface area contributed by atoms with E-state index in [0.717, 1.165) is 23.3 Å². The highest BCUT2D eigenvalue weighted by atomic mass is 19.4. The number of alkyl halides is 3. The van der Waals surface area contributed by atoms with Gasteiger partial charge in [-0.15, -0.1) is 0 Å². The van der Waals surface area contributed by atoms with Gasteiger partial charge in [0.05, 0.1) is 25.7 Å². The van der Waals surface area contributed by atoms with Crippen LogP contribution in [0.1, 0.15) is 52.7 Å². The fourth-order valence-electron chi connectivity index (χ4n) is 5.81. The van der Waals surface area contributed by atoms with Crippen LogP contribution in [0.2, 0.25) is 0 Å². The van der Waals surface area contributed by atoms with E-state index in [2.05, 4.69) is 0 Å². The van der Waals surface area contributed by atoms with Crippen molar-refractivity contribution in [2.75, 3.05) is 13.7 Å². The Kier molecular flexibility index (Phi) is 7.73. The van der Waals surface area contributed by atoms with Crippen LogP contribution in [-0.2, 0) is 28.7 Å². The average molecular weight is 593 g/mol. The molecule has 222 valence electrons. The van der Waals surface area contributed by atoms with E-state index < -0.39 is 23.7 Å². The molecular weight excluding hydrogens is 564 g/mol. The van der Waals surface area contributed by atoms with Gasteiger partial charge in [0.25, 0.3) is 0 Å². The summed E-state index contributed by atoms with van der Waals surface area (Å²) in [5.41, 5.74) is 1.53. The van der Waals surface area contributed by atoms with Crippen LogP contribution in [0.5, 0.6) is 17.2 Å². The molecule has 43 heavy (non-hydrogen) atoms. The molecule has 4 aromatic carbocycles. The zero-order valence-electron chi connectivity index (χ0n) is 23.2. The van der Waals surface area contributed by atoms with Gasteiger partial charge in [-0.25, -0.2) is 4.39 Å². The summed E-state index contributed by atoms with van der Waals surface area (Å²) in [6.07, 6.45) is -4.31. The molecule has 2 atom stereocenters. The summed E-state index contributed by atoms with van der Waals surface area (Å²) < 4.78 is 80.5. The van der Waals surface area contributed by atoms with Crippen molar-refractivity contribution < 1.29 is 41.3 Å². The molecule has 9 heteroatoms. The summed E-state index contributed by atoms with van der Waals surface area (Å²) in [6, 6.07) is 21.0. The molecule has 6 rings (SSSR count). The van der Waals surface area contributed by atoms with E-state index in [1.165, 1.54) is 25.3 Å². The zero-order valence-corrected chi connectivity index (χ0v) is 23.2. The lowest BCUT2D eigenvalue weighted by molar-refractivity contribution is -0.141. The standard InChI is InChI=1S/C34H28F4O5/c1-40-32(39)15-21-19-42-31-17-23(8-9-24(21)31)43-30-14-12-26-25(30)11-13-28(34(36,37)38)33(26)27-10-7-22(16-29(27)35)41-18-20-5-3-2-4-6-20/h2-11,13,16-17,21,30H,12,14-15,18-19H2,1H3/t21?,30-/m1/s1. The number of methoxy groups -OCH3 is 1. The number of esters is 1. The van der Waals surface area contributed by atoms with Crippen molar-refractivity contribution in [2.45, 2.75) is 44.1 Å². The summed E-state index contributed by atoms with van der Waals surface area (Å²) in [6.45, 7) is 0.540. The Balaban J connectivity index is 1.27. The first-order valence-electron chi connectivity index (χ1n) is 13.9. The highest BCUT2D eigenvalue weighted by Gasteiger charge is 2.39. The van der Waals surface area contributed by atoms with Crippen molar-refractivity contribution in [3.8, 4) is 28.4 Å². The third-order valence-electron chi connectivity index (χ3n) is 7.90. The number of carbonyl (C=O) groups excluding carboxylic acids is 1. The van der Waals surface area contributed by atoms with Crippen LogP contribution in [-0.4, -0.2) is 19.7 Å². The molecule has 0 amide bonds. The van der Waals surface area contributed by atoms with Gasteiger partial charge in [-0.3, -0.25) is 4.79 Å². The smallest absolute Gasteiger partial charge is 0.417 e. The van der Waals surface area contributed by atoms with Gasteiger partial charge in [0.15, 0.2) is 0 Å². The van der Waals surface area contributed by atoms with Crippen LogP contribution in [0, 0.1) is 5.82 Å². The average Bonchev–Trinajstić information content (AvgIpc) is 3.59. The number of carbonyl (C=O) groups is 1. The molecule has 1 aliphatic carbocycles. The molecule has 2 aliphatic rings. The van der Waals surface area contributed by atoms with E-state index in [1.807, 2.05) is 36.4 Å². The van der Waals surface area contributed by atoms with Crippen molar-refractivity contribution in [3.63, 3.8) is 0 Å². The number of hydrogen-bond donors (Lipinski definition) is 0. The first-order valence-corrected chi connectivity index (χ1v) is 13.9. The maximum Gasteiger partial charge on any atom is 0.417 e. The highest BCUT2D eigenvalue weighted by Crippen LogP contribution is 2.47.